The average Bonchev–Trinajstić information content (AvgIpc) is 3.23. The summed E-state index contributed by atoms with van der Waals surface area (Å²) in [6.07, 6.45) is 4.68. The van der Waals surface area contributed by atoms with Gasteiger partial charge in [0.15, 0.2) is 11.5 Å². The highest BCUT2D eigenvalue weighted by atomic mass is 16.5. The molecule has 2 aliphatic rings. The highest BCUT2D eigenvalue weighted by molar-refractivity contribution is 5.89. The molecule has 1 aromatic heterocycles. The lowest BCUT2D eigenvalue weighted by Gasteiger charge is -2.35. The van der Waals surface area contributed by atoms with E-state index in [-0.39, 0.29) is 17.7 Å². The van der Waals surface area contributed by atoms with Gasteiger partial charge in [0.1, 0.15) is 0 Å². The number of aromatic nitrogens is 1. The predicted molar refractivity (Wildman–Crippen MR) is 124 cm³/mol. The zero-order valence-corrected chi connectivity index (χ0v) is 19.4. The van der Waals surface area contributed by atoms with Crippen LogP contribution < -0.4 is 9.47 Å². The normalized spacial score (nSPS) is 19.1. The van der Waals surface area contributed by atoms with Crippen LogP contribution >= 0.6 is 0 Å². The van der Waals surface area contributed by atoms with E-state index in [9.17, 15) is 9.59 Å². The van der Waals surface area contributed by atoms with E-state index < -0.39 is 0 Å². The van der Waals surface area contributed by atoms with E-state index in [0.717, 1.165) is 25.2 Å². The zero-order chi connectivity index (χ0) is 23.2. The summed E-state index contributed by atoms with van der Waals surface area (Å²) >= 11 is 0. The number of likely N-dealkylation sites (tertiary alicyclic amines) is 1. The van der Waals surface area contributed by atoms with Gasteiger partial charge in [0.25, 0.3) is 0 Å². The van der Waals surface area contributed by atoms with Gasteiger partial charge in [0.05, 0.1) is 20.1 Å². The monoisotopic (exact) mass is 452 g/mol. The largest absolute Gasteiger partial charge is 0.493 e. The number of hydrogen-bond donors (Lipinski definition) is 0. The Morgan fingerprint density at radius 1 is 1.06 bits per heavy atom. The van der Waals surface area contributed by atoms with Crippen molar-refractivity contribution in [3.05, 3.63) is 53.9 Å². The maximum absolute atomic E-state index is 13.1. The lowest BCUT2D eigenvalue weighted by Crippen LogP contribution is -2.50. The number of carbonyl (C=O) groups is 2. The SMILES string of the molecule is COc1ccc(CCN2CC(C(=O)N3CCN(Cc4cccnc4)CC3)CC2=O)cc1OC. The Balaban J connectivity index is 1.25. The molecule has 8 nitrogen and oxygen atoms in total. The van der Waals surface area contributed by atoms with E-state index in [0.29, 0.717) is 50.5 Å². The highest BCUT2D eigenvalue weighted by Crippen LogP contribution is 2.28. The van der Waals surface area contributed by atoms with Crippen molar-refractivity contribution in [2.45, 2.75) is 19.4 Å². The number of ether oxygens (including phenoxy) is 2. The molecule has 0 radical (unpaired) electrons. The second-order valence-electron chi connectivity index (χ2n) is 8.64. The van der Waals surface area contributed by atoms with Crippen LogP contribution in [0.1, 0.15) is 17.5 Å². The van der Waals surface area contributed by atoms with Gasteiger partial charge in [0, 0.05) is 64.6 Å². The fraction of sp³-hybridized carbons (Fsp3) is 0.480. The lowest BCUT2D eigenvalue weighted by atomic mass is 10.1. The van der Waals surface area contributed by atoms with Crippen LogP contribution in [0.5, 0.6) is 11.5 Å². The summed E-state index contributed by atoms with van der Waals surface area (Å²) in [6, 6.07) is 9.82. The van der Waals surface area contributed by atoms with Gasteiger partial charge in [-0.15, -0.1) is 0 Å². The van der Waals surface area contributed by atoms with Crippen LogP contribution in [-0.4, -0.2) is 85.0 Å². The number of piperazine rings is 1. The average molecular weight is 453 g/mol. The van der Waals surface area contributed by atoms with Crippen molar-refractivity contribution in [2.75, 3.05) is 53.5 Å². The van der Waals surface area contributed by atoms with Crippen LogP contribution in [0.15, 0.2) is 42.7 Å². The van der Waals surface area contributed by atoms with Crippen molar-refractivity contribution >= 4 is 11.8 Å². The van der Waals surface area contributed by atoms with Crippen molar-refractivity contribution in [2.24, 2.45) is 5.92 Å². The van der Waals surface area contributed by atoms with Crippen LogP contribution in [0.2, 0.25) is 0 Å². The van der Waals surface area contributed by atoms with Gasteiger partial charge in [-0.3, -0.25) is 19.5 Å². The molecule has 0 N–H and O–H groups in total. The summed E-state index contributed by atoms with van der Waals surface area (Å²) in [7, 11) is 3.22. The molecule has 2 aromatic rings. The second-order valence-corrected chi connectivity index (χ2v) is 8.64. The van der Waals surface area contributed by atoms with Gasteiger partial charge < -0.3 is 19.3 Å². The quantitative estimate of drug-likeness (QED) is 0.609. The minimum absolute atomic E-state index is 0.0593. The van der Waals surface area contributed by atoms with Crippen molar-refractivity contribution in [1.29, 1.82) is 0 Å². The van der Waals surface area contributed by atoms with Crippen molar-refractivity contribution in [3.63, 3.8) is 0 Å². The number of amides is 2. The summed E-state index contributed by atoms with van der Waals surface area (Å²) in [5.74, 6) is 1.29. The summed E-state index contributed by atoms with van der Waals surface area (Å²) in [6.45, 7) is 5.03. The third-order valence-corrected chi connectivity index (χ3v) is 6.50. The molecule has 2 saturated heterocycles. The first kappa shape index (κ1) is 23.0. The van der Waals surface area contributed by atoms with E-state index >= 15 is 0 Å². The maximum Gasteiger partial charge on any atom is 0.228 e. The first-order valence-corrected chi connectivity index (χ1v) is 11.5. The van der Waals surface area contributed by atoms with E-state index in [1.165, 1.54) is 5.56 Å². The first-order chi connectivity index (χ1) is 16.1. The standard InChI is InChI=1S/C25H32N4O4/c1-32-22-6-5-19(14-23(22)33-2)7-9-29-18-21(15-24(29)30)25(31)28-12-10-27(11-13-28)17-20-4-3-8-26-16-20/h3-6,8,14,16,21H,7,9-13,15,17-18H2,1-2H3. The molecule has 8 heteroatoms. The van der Waals surface area contributed by atoms with Crippen LogP contribution in [0.25, 0.3) is 0 Å². The van der Waals surface area contributed by atoms with Gasteiger partial charge in [-0.05, 0) is 35.7 Å². The molecule has 3 heterocycles. The fourth-order valence-corrected chi connectivity index (χ4v) is 4.59. The second kappa shape index (κ2) is 10.7. The van der Waals surface area contributed by atoms with Gasteiger partial charge in [-0.1, -0.05) is 12.1 Å². The smallest absolute Gasteiger partial charge is 0.228 e. The minimum atomic E-state index is -0.243. The Kier molecular flexibility index (Phi) is 7.44. The minimum Gasteiger partial charge on any atom is -0.493 e. The Morgan fingerprint density at radius 3 is 2.55 bits per heavy atom. The highest BCUT2D eigenvalue weighted by Gasteiger charge is 2.37. The van der Waals surface area contributed by atoms with Crippen molar-refractivity contribution < 1.29 is 19.1 Å². The van der Waals surface area contributed by atoms with E-state index in [2.05, 4.69) is 16.0 Å². The Labute approximate surface area is 195 Å². The lowest BCUT2D eigenvalue weighted by molar-refractivity contribution is -0.137. The number of hydrogen-bond acceptors (Lipinski definition) is 6. The third kappa shape index (κ3) is 5.63. The molecule has 2 aliphatic heterocycles. The van der Waals surface area contributed by atoms with Crippen molar-refractivity contribution in [1.82, 2.24) is 19.7 Å². The summed E-state index contributed by atoms with van der Waals surface area (Å²) < 4.78 is 10.6. The number of pyridine rings is 1. The summed E-state index contributed by atoms with van der Waals surface area (Å²) in [5, 5.41) is 0. The van der Waals surface area contributed by atoms with Crippen LogP contribution in [0, 0.1) is 5.92 Å². The molecule has 1 atom stereocenters. The molecule has 33 heavy (non-hydrogen) atoms. The van der Waals surface area contributed by atoms with E-state index in [4.69, 9.17) is 9.47 Å². The Bertz CT molecular complexity index is 960. The summed E-state index contributed by atoms with van der Waals surface area (Å²) in [5.41, 5.74) is 2.25. The van der Waals surface area contributed by atoms with E-state index in [1.807, 2.05) is 40.3 Å². The Morgan fingerprint density at radius 2 is 1.85 bits per heavy atom. The number of carbonyl (C=O) groups excluding carboxylic acids is 2. The molecule has 1 aromatic carbocycles. The van der Waals surface area contributed by atoms with Gasteiger partial charge >= 0.3 is 0 Å². The van der Waals surface area contributed by atoms with Gasteiger partial charge in [0.2, 0.25) is 11.8 Å². The molecule has 176 valence electrons. The van der Waals surface area contributed by atoms with Crippen LogP contribution in [0.3, 0.4) is 0 Å². The number of benzene rings is 1. The zero-order valence-electron chi connectivity index (χ0n) is 19.4. The summed E-state index contributed by atoms with van der Waals surface area (Å²) in [4.78, 5) is 35.9. The molecule has 1 unspecified atom stereocenters. The molecular weight excluding hydrogens is 420 g/mol. The van der Waals surface area contributed by atoms with Crippen LogP contribution in [-0.2, 0) is 22.6 Å². The molecule has 4 rings (SSSR count). The molecule has 0 spiro atoms. The maximum atomic E-state index is 13.1. The third-order valence-electron chi connectivity index (χ3n) is 6.50. The van der Waals surface area contributed by atoms with Gasteiger partial charge in [-0.2, -0.15) is 0 Å². The van der Waals surface area contributed by atoms with E-state index in [1.54, 1.807) is 20.4 Å². The Hall–Kier alpha value is -3.13. The molecule has 0 aliphatic carbocycles. The molecule has 0 saturated carbocycles. The number of methoxy groups -OCH3 is 2. The van der Waals surface area contributed by atoms with Crippen molar-refractivity contribution in [3.8, 4) is 11.5 Å². The molecular formula is C25H32N4O4. The van der Waals surface area contributed by atoms with Crippen LogP contribution in [0.4, 0.5) is 0 Å². The van der Waals surface area contributed by atoms with Gasteiger partial charge in [-0.25, -0.2) is 0 Å². The topological polar surface area (TPSA) is 75.2 Å². The number of nitrogens with zero attached hydrogens (tertiary/aromatic N) is 4. The molecule has 2 fully saturated rings. The predicted octanol–water partition coefficient (Wildman–Crippen LogP) is 1.83. The fourth-order valence-electron chi connectivity index (χ4n) is 4.59. The molecule has 0 bridgehead atoms. The first-order valence-electron chi connectivity index (χ1n) is 11.5. The molecule has 2 amide bonds. The number of rotatable bonds is 8.